The first-order valence-corrected chi connectivity index (χ1v) is 10.3. The van der Waals surface area contributed by atoms with Crippen LogP contribution in [0.5, 0.6) is 5.75 Å². The summed E-state index contributed by atoms with van der Waals surface area (Å²) >= 11 is 6.05. The van der Waals surface area contributed by atoms with Gasteiger partial charge < -0.3 is 15.0 Å². The van der Waals surface area contributed by atoms with Gasteiger partial charge in [0.25, 0.3) is 11.8 Å². The summed E-state index contributed by atoms with van der Waals surface area (Å²) in [6, 6.07) is 21.4. The van der Waals surface area contributed by atoms with E-state index >= 15 is 0 Å². The van der Waals surface area contributed by atoms with Crippen molar-refractivity contribution in [1.29, 1.82) is 0 Å². The average molecular weight is 448 g/mol. The number of hydrogen-bond donors (Lipinski definition) is 1. The van der Waals surface area contributed by atoms with Crippen LogP contribution in [0.15, 0.2) is 78.5 Å². The van der Waals surface area contributed by atoms with Crippen molar-refractivity contribution in [2.24, 2.45) is 0 Å². The van der Waals surface area contributed by atoms with Crippen molar-refractivity contribution in [1.82, 2.24) is 0 Å². The summed E-state index contributed by atoms with van der Waals surface area (Å²) in [4.78, 5) is 30.2. The van der Waals surface area contributed by atoms with Crippen LogP contribution < -0.4 is 19.9 Å². The number of nitrogens with zero attached hydrogens (tertiary/aromatic N) is 2. The highest BCUT2D eigenvalue weighted by Crippen LogP contribution is 2.36. The SMILES string of the molecule is COc1ccccc1NC1=C(c2ccc(Cl)cc2)C(=O)N(c2cccc(N(C)C)c2)C1=O. The number of carbonyl (C=O) groups is 2. The van der Waals surface area contributed by atoms with Gasteiger partial charge in [0.15, 0.2) is 0 Å². The van der Waals surface area contributed by atoms with Gasteiger partial charge in [-0.2, -0.15) is 0 Å². The van der Waals surface area contributed by atoms with Crippen LogP contribution in [0.1, 0.15) is 5.56 Å². The van der Waals surface area contributed by atoms with E-state index in [2.05, 4.69) is 5.32 Å². The Kier molecular flexibility index (Phi) is 5.88. The molecule has 1 heterocycles. The number of rotatable bonds is 6. The molecule has 3 aromatic carbocycles. The molecular weight excluding hydrogens is 426 g/mol. The van der Waals surface area contributed by atoms with Gasteiger partial charge in [0, 0.05) is 24.8 Å². The molecule has 0 spiro atoms. The average Bonchev–Trinajstić information content (AvgIpc) is 3.04. The van der Waals surface area contributed by atoms with E-state index in [0.29, 0.717) is 27.7 Å². The molecule has 0 aromatic heterocycles. The van der Waals surface area contributed by atoms with E-state index in [-0.39, 0.29) is 11.3 Å². The lowest BCUT2D eigenvalue weighted by atomic mass is 10.0. The minimum atomic E-state index is -0.443. The van der Waals surface area contributed by atoms with Crippen molar-refractivity contribution < 1.29 is 14.3 Å². The van der Waals surface area contributed by atoms with Crippen LogP contribution >= 0.6 is 11.6 Å². The molecule has 0 bridgehead atoms. The second-order valence-corrected chi connectivity index (χ2v) is 7.88. The lowest BCUT2D eigenvalue weighted by molar-refractivity contribution is -0.120. The minimum absolute atomic E-state index is 0.178. The molecule has 0 saturated carbocycles. The van der Waals surface area contributed by atoms with Crippen LogP contribution in [0.4, 0.5) is 17.1 Å². The van der Waals surface area contributed by atoms with Gasteiger partial charge in [-0.1, -0.05) is 41.9 Å². The molecule has 3 aromatic rings. The fraction of sp³-hybridized carbons (Fsp3) is 0.120. The van der Waals surface area contributed by atoms with Crippen LogP contribution in [0, 0.1) is 0 Å². The third-order valence-electron chi connectivity index (χ3n) is 5.19. The Bertz CT molecular complexity index is 1220. The van der Waals surface area contributed by atoms with E-state index in [9.17, 15) is 9.59 Å². The summed E-state index contributed by atoms with van der Waals surface area (Å²) in [6.45, 7) is 0. The number of anilines is 3. The molecule has 4 rings (SSSR count). The van der Waals surface area contributed by atoms with E-state index in [1.54, 1.807) is 55.6 Å². The summed E-state index contributed by atoms with van der Waals surface area (Å²) in [5, 5.41) is 3.68. The Morgan fingerprint density at radius 1 is 0.906 bits per heavy atom. The zero-order valence-corrected chi connectivity index (χ0v) is 18.7. The molecule has 6 nitrogen and oxygen atoms in total. The number of para-hydroxylation sites is 2. The highest BCUT2D eigenvalue weighted by molar-refractivity contribution is 6.46. The molecule has 32 heavy (non-hydrogen) atoms. The maximum atomic E-state index is 13.6. The fourth-order valence-electron chi connectivity index (χ4n) is 3.56. The van der Waals surface area contributed by atoms with Gasteiger partial charge in [0.2, 0.25) is 0 Å². The molecule has 0 saturated heterocycles. The van der Waals surface area contributed by atoms with Crippen molar-refractivity contribution >= 4 is 46.1 Å². The largest absolute Gasteiger partial charge is 0.495 e. The van der Waals surface area contributed by atoms with Crippen molar-refractivity contribution in [2.75, 3.05) is 36.3 Å². The predicted molar refractivity (Wildman–Crippen MR) is 128 cm³/mol. The Balaban J connectivity index is 1.83. The van der Waals surface area contributed by atoms with Crippen molar-refractivity contribution in [2.45, 2.75) is 0 Å². The molecule has 162 valence electrons. The Labute approximate surface area is 191 Å². The Morgan fingerprint density at radius 2 is 1.62 bits per heavy atom. The summed E-state index contributed by atoms with van der Waals surface area (Å²) in [6.07, 6.45) is 0. The third-order valence-corrected chi connectivity index (χ3v) is 5.44. The molecule has 0 radical (unpaired) electrons. The number of amides is 2. The number of ether oxygens (including phenoxy) is 1. The van der Waals surface area contributed by atoms with Crippen LogP contribution in [-0.4, -0.2) is 33.0 Å². The number of halogens is 1. The Morgan fingerprint density at radius 3 is 2.31 bits per heavy atom. The van der Waals surface area contributed by atoms with Crippen LogP contribution in [0.3, 0.4) is 0 Å². The lowest BCUT2D eigenvalue weighted by Crippen LogP contribution is -2.32. The summed E-state index contributed by atoms with van der Waals surface area (Å²) in [7, 11) is 5.35. The van der Waals surface area contributed by atoms with Gasteiger partial charge in [-0.15, -0.1) is 0 Å². The van der Waals surface area contributed by atoms with E-state index < -0.39 is 11.8 Å². The number of nitrogens with one attached hydrogen (secondary N) is 1. The third kappa shape index (κ3) is 3.92. The van der Waals surface area contributed by atoms with Gasteiger partial charge in [-0.25, -0.2) is 4.90 Å². The molecule has 1 aliphatic heterocycles. The first-order valence-electron chi connectivity index (χ1n) is 9.97. The van der Waals surface area contributed by atoms with E-state index in [4.69, 9.17) is 16.3 Å². The number of methoxy groups -OCH3 is 1. The molecule has 0 aliphatic carbocycles. The van der Waals surface area contributed by atoms with Crippen LogP contribution in [-0.2, 0) is 9.59 Å². The minimum Gasteiger partial charge on any atom is -0.495 e. The normalized spacial score (nSPS) is 13.6. The first-order chi connectivity index (χ1) is 15.4. The van der Waals surface area contributed by atoms with E-state index in [1.807, 2.05) is 43.3 Å². The van der Waals surface area contributed by atoms with E-state index in [1.165, 1.54) is 4.90 Å². The highest BCUT2D eigenvalue weighted by atomic mass is 35.5. The molecule has 0 fully saturated rings. The second-order valence-electron chi connectivity index (χ2n) is 7.44. The molecule has 0 unspecified atom stereocenters. The maximum absolute atomic E-state index is 13.6. The number of benzene rings is 3. The summed E-state index contributed by atoms with van der Waals surface area (Å²) < 4.78 is 5.41. The first kappa shape index (κ1) is 21.5. The van der Waals surface area contributed by atoms with Gasteiger partial charge in [0.05, 0.1) is 24.1 Å². The predicted octanol–water partition coefficient (Wildman–Crippen LogP) is 4.81. The molecule has 2 amide bonds. The molecule has 1 aliphatic rings. The number of hydrogen-bond acceptors (Lipinski definition) is 5. The zero-order valence-electron chi connectivity index (χ0n) is 17.9. The van der Waals surface area contributed by atoms with Gasteiger partial charge in [-0.3, -0.25) is 9.59 Å². The fourth-order valence-corrected chi connectivity index (χ4v) is 3.68. The summed E-state index contributed by atoms with van der Waals surface area (Å²) in [5.41, 5.74) is 3.00. The monoisotopic (exact) mass is 447 g/mol. The second kappa shape index (κ2) is 8.77. The summed E-state index contributed by atoms with van der Waals surface area (Å²) in [5.74, 6) is -0.295. The zero-order chi connectivity index (χ0) is 22.8. The Hall–Kier alpha value is -3.77. The lowest BCUT2D eigenvalue weighted by Gasteiger charge is -2.19. The van der Waals surface area contributed by atoms with Crippen LogP contribution in [0.25, 0.3) is 5.57 Å². The number of carbonyl (C=O) groups excluding carboxylic acids is 2. The van der Waals surface area contributed by atoms with Crippen molar-refractivity contribution in [3.63, 3.8) is 0 Å². The van der Waals surface area contributed by atoms with Crippen molar-refractivity contribution in [3.8, 4) is 5.75 Å². The molecular formula is C25H22ClN3O3. The smallest absolute Gasteiger partial charge is 0.282 e. The van der Waals surface area contributed by atoms with Gasteiger partial charge in [0.1, 0.15) is 11.4 Å². The van der Waals surface area contributed by atoms with Crippen molar-refractivity contribution in [3.05, 3.63) is 89.1 Å². The van der Waals surface area contributed by atoms with E-state index in [0.717, 1.165) is 5.69 Å². The highest BCUT2D eigenvalue weighted by Gasteiger charge is 2.40. The van der Waals surface area contributed by atoms with Gasteiger partial charge in [-0.05, 0) is 48.0 Å². The number of imide groups is 1. The molecule has 0 atom stereocenters. The maximum Gasteiger partial charge on any atom is 0.282 e. The quantitative estimate of drug-likeness (QED) is 0.549. The molecule has 1 N–H and O–H groups in total. The standard InChI is InChI=1S/C25H22ClN3O3/c1-28(2)18-7-6-8-19(15-18)29-24(30)22(16-11-13-17(26)14-12-16)23(25(29)31)27-20-9-4-5-10-21(20)32-3/h4-15,27H,1-3H3. The molecule has 7 heteroatoms. The van der Waals surface area contributed by atoms with Gasteiger partial charge >= 0.3 is 0 Å². The van der Waals surface area contributed by atoms with Crippen LogP contribution in [0.2, 0.25) is 5.02 Å². The topological polar surface area (TPSA) is 61.9 Å².